The summed E-state index contributed by atoms with van der Waals surface area (Å²) in [4.78, 5) is 2.37. The standard InChI is InChI=1S/C69H45NO/c1-3-15-46(16-4-1)48-29-37-55(38-30-48)70(56-39-31-49(32-40-56)54-22-13-21-53(45-54)47-17-5-2-6-18-47)57-41-33-52(34-42-57)58-26-14-28-63-66(58)61-25-11-12-27-62(61)69(63)64-43-35-50-19-7-9-23-59(50)67(64)71-68-60-24-10-8-20-51(60)36-44-65(68)69/h1-45H. The first-order valence-electron chi connectivity index (χ1n) is 24.5. The maximum atomic E-state index is 7.22. The summed E-state index contributed by atoms with van der Waals surface area (Å²) in [6.07, 6.45) is 0. The number of anilines is 3. The van der Waals surface area contributed by atoms with Crippen LogP contribution in [-0.4, -0.2) is 0 Å². The summed E-state index contributed by atoms with van der Waals surface area (Å²) in [5.74, 6) is 1.85. The molecule has 0 saturated heterocycles. The zero-order chi connectivity index (χ0) is 46.9. The fraction of sp³-hybridized carbons (Fsp3) is 0.0145. The molecule has 0 saturated carbocycles. The summed E-state index contributed by atoms with van der Waals surface area (Å²) in [7, 11) is 0. The van der Waals surface area contributed by atoms with E-state index in [0.717, 1.165) is 55.7 Å². The molecule has 2 aliphatic rings. The molecule has 0 atom stereocenters. The Bertz CT molecular complexity index is 3900. The van der Waals surface area contributed by atoms with E-state index in [4.69, 9.17) is 4.74 Å². The average molecular weight is 904 g/mol. The van der Waals surface area contributed by atoms with Crippen LogP contribution in [0.15, 0.2) is 273 Å². The van der Waals surface area contributed by atoms with E-state index in [0.29, 0.717) is 0 Å². The third-order valence-electron chi connectivity index (χ3n) is 14.9. The van der Waals surface area contributed by atoms with Crippen LogP contribution in [0.3, 0.4) is 0 Å². The molecule has 12 aromatic rings. The largest absolute Gasteiger partial charge is 0.455 e. The molecule has 1 spiro atoms. The highest BCUT2D eigenvalue weighted by atomic mass is 16.5. The molecule has 71 heavy (non-hydrogen) atoms. The molecule has 0 fully saturated rings. The summed E-state index contributed by atoms with van der Waals surface area (Å²) >= 11 is 0. The molecule has 0 aromatic heterocycles. The SMILES string of the molecule is c1ccc(-c2ccc(N(c3ccc(-c4cccc(-c5ccccc5)c4)cc3)c3ccc(-c4cccc5c4-c4ccccc4C54c5ccc6ccccc6c5Oc5c4ccc4ccccc54)cc3)cc2)cc1. The van der Waals surface area contributed by atoms with Crippen molar-refractivity contribution in [1.29, 1.82) is 0 Å². The van der Waals surface area contributed by atoms with Crippen molar-refractivity contribution < 1.29 is 4.74 Å². The van der Waals surface area contributed by atoms with E-state index in [-0.39, 0.29) is 0 Å². The highest BCUT2D eigenvalue weighted by Gasteiger charge is 2.52. The van der Waals surface area contributed by atoms with Gasteiger partial charge in [-0.3, -0.25) is 0 Å². The lowest BCUT2D eigenvalue weighted by Gasteiger charge is -2.40. The highest BCUT2D eigenvalue weighted by Crippen LogP contribution is 2.65. The number of fused-ring (bicyclic) bond motifs is 13. The predicted molar refractivity (Wildman–Crippen MR) is 295 cm³/mol. The summed E-state index contributed by atoms with van der Waals surface area (Å²) in [5.41, 5.74) is 19.6. The number of benzene rings is 12. The number of hydrogen-bond donors (Lipinski definition) is 0. The van der Waals surface area contributed by atoms with Crippen LogP contribution in [0.4, 0.5) is 17.1 Å². The molecule has 332 valence electrons. The normalized spacial score (nSPS) is 12.7. The minimum absolute atomic E-state index is 0.614. The van der Waals surface area contributed by atoms with Gasteiger partial charge in [-0.1, -0.05) is 231 Å². The molecule has 0 radical (unpaired) electrons. The van der Waals surface area contributed by atoms with Crippen LogP contribution < -0.4 is 9.64 Å². The maximum Gasteiger partial charge on any atom is 0.140 e. The fourth-order valence-electron chi connectivity index (χ4n) is 11.7. The molecule has 2 nitrogen and oxygen atoms in total. The van der Waals surface area contributed by atoms with Crippen LogP contribution in [0.25, 0.3) is 77.2 Å². The molecule has 2 heteroatoms. The Kier molecular flexibility index (Phi) is 9.47. The smallest absolute Gasteiger partial charge is 0.140 e. The Morgan fingerprint density at radius 1 is 0.268 bits per heavy atom. The third-order valence-corrected chi connectivity index (χ3v) is 14.9. The van der Waals surface area contributed by atoms with Crippen molar-refractivity contribution in [3.8, 4) is 67.1 Å². The molecule has 1 aliphatic carbocycles. The minimum atomic E-state index is -0.614. The molecule has 0 amide bonds. The minimum Gasteiger partial charge on any atom is -0.455 e. The first-order chi connectivity index (χ1) is 35.2. The van der Waals surface area contributed by atoms with Crippen molar-refractivity contribution in [3.63, 3.8) is 0 Å². The van der Waals surface area contributed by atoms with Crippen molar-refractivity contribution in [3.05, 3.63) is 295 Å². The number of rotatable bonds is 7. The van der Waals surface area contributed by atoms with Gasteiger partial charge in [0.25, 0.3) is 0 Å². The van der Waals surface area contributed by atoms with Crippen molar-refractivity contribution in [2.45, 2.75) is 5.41 Å². The Hall–Kier alpha value is -9.24. The van der Waals surface area contributed by atoms with E-state index >= 15 is 0 Å². The molecule has 0 bridgehead atoms. The molecular formula is C69H45NO. The van der Waals surface area contributed by atoms with Gasteiger partial charge in [0, 0.05) is 39.0 Å². The monoisotopic (exact) mass is 903 g/mol. The predicted octanol–water partition coefficient (Wildman–Crippen LogP) is 18.6. The van der Waals surface area contributed by atoms with E-state index < -0.39 is 5.41 Å². The zero-order valence-corrected chi connectivity index (χ0v) is 38.8. The molecule has 1 aliphatic heterocycles. The lowest BCUT2D eigenvalue weighted by atomic mass is 9.65. The van der Waals surface area contributed by atoms with Gasteiger partial charge in [-0.2, -0.15) is 0 Å². The van der Waals surface area contributed by atoms with Crippen LogP contribution in [0.5, 0.6) is 11.5 Å². The zero-order valence-electron chi connectivity index (χ0n) is 38.8. The molecule has 1 heterocycles. The van der Waals surface area contributed by atoms with Gasteiger partial charge < -0.3 is 9.64 Å². The van der Waals surface area contributed by atoms with Gasteiger partial charge in [0.1, 0.15) is 11.5 Å². The Morgan fingerprint density at radius 3 is 1.25 bits per heavy atom. The quantitative estimate of drug-likeness (QED) is 0.158. The first kappa shape index (κ1) is 40.8. The van der Waals surface area contributed by atoms with Crippen molar-refractivity contribution >= 4 is 38.6 Å². The summed E-state index contributed by atoms with van der Waals surface area (Å²) in [6, 6.07) is 99.5. The van der Waals surface area contributed by atoms with E-state index in [1.54, 1.807) is 0 Å². The summed E-state index contributed by atoms with van der Waals surface area (Å²) < 4.78 is 7.22. The lowest BCUT2D eigenvalue weighted by Crippen LogP contribution is -2.32. The molecule has 12 aromatic carbocycles. The van der Waals surface area contributed by atoms with Crippen LogP contribution in [0.1, 0.15) is 22.3 Å². The topological polar surface area (TPSA) is 12.5 Å². The second kappa shape index (κ2) is 16.5. The van der Waals surface area contributed by atoms with Crippen LogP contribution in [-0.2, 0) is 5.41 Å². The Morgan fingerprint density at radius 2 is 0.676 bits per heavy atom. The van der Waals surface area contributed by atoms with E-state index in [1.165, 1.54) is 72.3 Å². The van der Waals surface area contributed by atoms with Crippen molar-refractivity contribution in [2.24, 2.45) is 0 Å². The summed E-state index contributed by atoms with van der Waals surface area (Å²) in [5, 5.41) is 4.56. The van der Waals surface area contributed by atoms with Gasteiger partial charge in [0.15, 0.2) is 0 Å². The Labute approximate surface area is 414 Å². The highest BCUT2D eigenvalue weighted by molar-refractivity contribution is 6.02. The van der Waals surface area contributed by atoms with E-state index in [2.05, 4.69) is 278 Å². The van der Waals surface area contributed by atoms with Crippen LogP contribution >= 0.6 is 0 Å². The lowest BCUT2D eigenvalue weighted by molar-refractivity contribution is 0.447. The second-order valence-electron chi connectivity index (χ2n) is 18.7. The van der Waals surface area contributed by atoms with E-state index in [1.807, 2.05) is 0 Å². The van der Waals surface area contributed by atoms with Gasteiger partial charge in [-0.15, -0.1) is 0 Å². The molecule has 0 N–H and O–H groups in total. The van der Waals surface area contributed by atoms with Gasteiger partial charge in [-0.05, 0) is 120 Å². The number of hydrogen-bond acceptors (Lipinski definition) is 2. The number of nitrogens with zero attached hydrogens (tertiary/aromatic N) is 1. The van der Waals surface area contributed by atoms with Crippen LogP contribution in [0, 0.1) is 0 Å². The average Bonchev–Trinajstić information content (AvgIpc) is 3.76. The van der Waals surface area contributed by atoms with Crippen molar-refractivity contribution in [2.75, 3.05) is 4.90 Å². The number of ether oxygens (including phenoxy) is 1. The van der Waals surface area contributed by atoms with Crippen LogP contribution in [0.2, 0.25) is 0 Å². The van der Waals surface area contributed by atoms with Gasteiger partial charge in [0.05, 0.1) is 5.41 Å². The van der Waals surface area contributed by atoms with Crippen molar-refractivity contribution in [1.82, 2.24) is 0 Å². The van der Waals surface area contributed by atoms with E-state index in [9.17, 15) is 0 Å². The maximum absolute atomic E-state index is 7.22. The second-order valence-corrected chi connectivity index (χ2v) is 18.7. The molecule has 14 rings (SSSR count). The third kappa shape index (κ3) is 6.49. The molecular weight excluding hydrogens is 859 g/mol. The fourth-order valence-corrected chi connectivity index (χ4v) is 11.7. The van der Waals surface area contributed by atoms with Gasteiger partial charge in [0.2, 0.25) is 0 Å². The van der Waals surface area contributed by atoms with Gasteiger partial charge >= 0.3 is 0 Å². The Balaban J connectivity index is 0.904. The summed E-state index contributed by atoms with van der Waals surface area (Å²) in [6.45, 7) is 0. The first-order valence-corrected chi connectivity index (χ1v) is 24.5. The molecule has 0 unspecified atom stereocenters. The van der Waals surface area contributed by atoms with Gasteiger partial charge in [-0.25, -0.2) is 0 Å².